The molecule has 1 saturated carbocycles. The van der Waals surface area contributed by atoms with Gasteiger partial charge in [-0.25, -0.2) is 0 Å². The normalized spacial score (nSPS) is 18.2. The van der Waals surface area contributed by atoms with Gasteiger partial charge in [-0.05, 0) is 48.1 Å². The van der Waals surface area contributed by atoms with Crippen molar-refractivity contribution in [1.29, 1.82) is 0 Å². The summed E-state index contributed by atoms with van der Waals surface area (Å²) >= 11 is 0. The van der Waals surface area contributed by atoms with E-state index >= 15 is 0 Å². The summed E-state index contributed by atoms with van der Waals surface area (Å²) in [5.74, 6) is 0.493. The maximum Gasteiger partial charge on any atom is 0.253 e. The van der Waals surface area contributed by atoms with Crippen molar-refractivity contribution in [3.05, 3.63) is 42.0 Å². The Kier molecular flexibility index (Phi) is 6.88. The molecule has 0 aromatic heterocycles. The topological polar surface area (TPSA) is 70.7 Å². The minimum Gasteiger partial charge on any atom is -0.379 e. The van der Waals surface area contributed by atoms with Crippen LogP contribution in [0.1, 0.15) is 43.5 Å². The Labute approximate surface area is 184 Å². The molecule has 6 nitrogen and oxygen atoms in total. The van der Waals surface area contributed by atoms with Crippen LogP contribution in [0.4, 0.5) is 5.69 Å². The molecular weight excluding hydrogens is 390 g/mol. The summed E-state index contributed by atoms with van der Waals surface area (Å²) in [4.78, 5) is 28.1. The Hall–Kier alpha value is -2.44. The molecule has 0 radical (unpaired) electrons. The lowest BCUT2D eigenvalue weighted by Gasteiger charge is -2.35. The maximum atomic E-state index is 13.2. The Morgan fingerprint density at radius 2 is 1.77 bits per heavy atom. The number of rotatable bonds is 8. The van der Waals surface area contributed by atoms with Crippen molar-refractivity contribution >= 4 is 28.3 Å². The van der Waals surface area contributed by atoms with Crippen molar-refractivity contribution in [3.8, 4) is 0 Å². The number of nitrogens with zero attached hydrogens (tertiary/aromatic N) is 1. The number of benzene rings is 2. The molecule has 2 aromatic rings. The molecular formula is C25H33N3O3. The second kappa shape index (κ2) is 9.79. The van der Waals surface area contributed by atoms with Crippen LogP contribution < -0.4 is 10.6 Å². The number of carbonyl (C=O) groups is 2. The number of anilines is 1. The lowest BCUT2D eigenvalue weighted by atomic mass is 10.0. The number of nitrogens with one attached hydrogen (secondary N) is 2. The molecule has 1 aliphatic carbocycles. The smallest absolute Gasteiger partial charge is 0.253 e. The number of amides is 2. The largest absolute Gasteiger partial charge is 0.379 e. The Balaban J connectivity index is 1.52. The third-order valence-electron chi connectivity index (χ3n) is 6.14. The van der Waals surface area contributed by atoms with Crippen LogP contribution in [0, 0.1) is 11.8 Å². The summed E-state index contributed by atoms with van der Waals surface area (Å²) in [5, 5.41) is 8.15. The van der Waals surface area contributed by atoms with Crippen LogP contribution in [0.3, 0.4) is 0 Å². The van der Waals surface area contributed by atoms with Crippen LogP contribution >= 0.6 is 0 Å². The van der Waals surface area contributed by atoms with Crippen molar-refractivity contribution in [2.75, 3.05) is 38.2 Å². The zero-order valence-corrected chi connectivity index (χ0v) is 18.5. The van der Waals surface area contributed by atoms with Crippen LogP contribution in [0.15, 0.2) is 36.4 Å². The summed E-state index contributed by atoms with van der Waals surface area (Å²) in [6.45, 7) is 8.28. The van der Waals surface area contributed by atoms with E-state index in [9.17, 15) is 9.59 Å². The van der Waals surface area contributed by atoms with Crippen LogP contribution in [0.2, 0.25) is 0 Å². The van der Waals surface area contributed by atoms with Crippen LogP contribution in [-0.2, 0) is 9.53 Å². The molecule has 1 heterocycles. The van der Waals surface area contributed by atoms with Gasteiger partial charge >= 0.3 is 0 Å². The first kappa shape index (κ1) is 21.8. The van der Waals surface area contributed by atoms with Gasteiger partial charge in [-0.2, -0.15) is 0 Å². The monoisotopic (exact) mass is 423 g/mol. The minimum atomic E-state index is -0.140. The molecule has 2 aromatic carbocycles. The number of morpholine rings is 1. The van der Waals surface area contributed by atoms with Gasteiger partial charge in [-0.1, -0.05) is 38.1 Å². The van der Waals surface area contributed by atoms with E-state index in [4.69, 9.17) is 4.74 Å². The van der Waals surface area contributed by atoms with E-state index in [-0.39, 0.29) is 23.8 Å². The SMILES string of the molecule is CC(C)CC(CNC(=O)c1cc2ccccc2cc1NC(=O)C1CC1)N1CCOCC1. The third-order valence-corrected chi connectivity index (χ3v) is 6.14. The second-order valence-corrected chi connectivity index (χ2v) is 9.15. The number of hydrogen-bond acceptors (Lipinski definition) is 4. The van der Waals surface area contributed by atoms with Gasteiger partial charge in [0.05, 0.1) is 24.5 Å². The number of carbonyl (C=O) groups excluding carboxylic acids is 2. The molecule has 1 atom stereocenters. The Morgan fingerprint density at radius 1 is 1.10 bits per heavy atom. The molecule has 4 rings (SSSR count). The molecule has 166 valence electrons. The van der Waals surface area contributed by atoms with Gasteiger partial charge < -0.3 is 15.4 Å². The zero-order chi connectivity index (χ0) is 21.8. The summed E-state index contributed by atoms with van der Waals surface area (Å²) in [6.07, 6.45) is 2.87. The molecule has 1 aliphatic heterocycles. The maximum absolute atomic E-state index is 13.2. The van der Waals surface area contributed by atoms with Gasteiger partial charge in [0.2, 0.25) is 5.91 Å². The lowest BCUT2D eigenvalue weighted by Crippen LogP contribution is -2.49. The first-order valence-corrected chi connectivity index (χ1v) is 11.4. The molecule has 1 saturated heterocycles. The zero-order valence-electron chi connectivity index (χ0n) is 18.5. The average Bonchev–Trinajstić information content (AvgIpc) is 3.62. The Bertz CT molecular complexity index is 933. The molecule has 2 fully saturated rings. The molecule has 2 N–H and O–H groups in total. The van der Waals surface area contributed by atoms with Gasteiger partial charge in [0.15, 0.2) is 0 Å². The third kappa shape index (κ3) is 5.63. The highest BCUT2D eigenvalue weighted by molar-refractivity contribution is 6.08. The van der Waals surface area contributed by atoms with Gasteiger partial charge in [0, 0.05) is 31.6 Å². The summed E-state index contributed by atoms with van der Waals surface area (Å²) in [5.41, 5.74) is 1.12. The van der Waals surface area contributed by atoms with E-state index in [1.54, 1.807) is 0 Å². The number of ether oxygens (including phenoxy) is 1. The highest BCUT2D eigenvalue weighted by Crippen LogP contribution is 2.32. The van der Waals surface area contributed by atoms with Gasteiger partial charge in [0.1, 0.15) is 0 Å². The second-order valence-electron chi connectivity index (χ2n) is 9.15. The van der Waals surface area contributed by atoms with E-state index in [0.717, 1.165) is 56.3 Å². The number of fused-ring (bicyclic) bond motifs is 1. The number of hydrogen-bond donors (Lipinski definition) is 2. The Morgan fingerprint density at radius 3 is 2.42 bits per heavy atom. The van der Waals surface area contributed by atoms with Crippen LogP contribution in [-0.4, -0.2) is 55.6 Å². The van der Waals surface area contributed by atoms with Crippen molar-refractivity contribution in [2.24, 2.45) is 11.8 Å². The van der Waals surface area contributed by atoms with Gasteiger partial charge in [0.25, 0.3) is 5.91 Å². The molecule has 6 heteroatoms. The molecule has 0 spiro atoms. The van der Waals surface area contributed by atoms with Crippen molar-refractivity contribution in [3.63, 3.8) is 0 Å². The fourth-order valence-electron chi connectivity index (χ4n) is 4.27. The van der Waals surface area contributed by atoms with E-state index < -0.39 is 0 Å². The fraction of sp³-hybridized carbons (Fsp3) is 0.520. The van der Waals surface area contributed by atoms with Gasteiger partial charge in [-0.15, -0.1) is 0 Å². The first-order valence-electron chi connectivity index (χ1n) is 11.4. The molecule has 31 heavy (non-hydrogen) atoms. The highest BCUT2D eigenvalue weighted by atomic mass is 16.5. The predicted octanol–water partition coefficient (Wildman–Crippen LogP) is 3.67. The van der Waals surface area contributed by atoms with Crippen molar-refractivity contribution in [1.82, 2.24) is 10.2 Å². The molecule has 0 bridgehead atoms. The quantitative estimate of drug-likeness (QED) is 0.680. The van der Waals surface area contributed by atoms with Gasteiger partial charge in [-0.3, -0.25) is 14.5 Å². The highest BCUT2D eigenvalue weighted by Gasteiger charge is 2.30. The van der Waals surface area contributed by atoms with E-state index in [1.807, 2.05) is 36.4 Å². The predicted molar refractivity (Wildman–Crippen MR) is 123 cm³/mol. The van der Waals surface area contributed by atoms with E-state index in [0.29, 0.717) is 23.7 Å². The lowest BCUT2D eigenvalue weighted by molar-refractivity contribution is -0.117. The molecule has 2 amide bonds. The summed E-state index contributed by atoms with van der Waals surface area (Å²) in [6, 6.07) is 12.0. The van der Waals surface area contributed by atoms with E-state index in [1.165, 1.54) is 0 Å². The summed E-state index contributed by atoms with van der Waals surface area (Å²) in [7, 11) is 0. The average molecular weight is 424 g/mol. The standard InChI is InChI=1S/C25H33N3O3/c1-17(2)13-21(28-9-11-31-12-10-28)16-26-25(30)22-14-19-5-3-4-6-20(19)15-23(22)27-24(29)18-7-8-18/h3-6,14-15,17-18,21H,7-13,16H2,1-2H3,(H,26,30)(H,27,29). The summed E-state index contributed by atoms with van der Waals surface area (Å²) < 4.78 is 5.50. The van der Waals surface area contributed by atoms with Crippen molar-refractivity contribution < 1.29 is 14.3 Å². The van der Waals surface area contributed by atoms with Crippen LogP contribution in [0.5, 0.6) is 0 Å². The molecule has 1 unspecified atom stereocenters. The van der Waals surface area contributed by atoms with E-state index in [2.05, 4.69) is 29.4 Å². The fourth-order valence-corrected chi connectivity index (χ4v) is 4.27. The first-order chi connectivity index (χ1) is 15.0. The van der Waals surface area contributed by atoms with Crippen molar-refractivity contribution in [2.45, 2.75) is 39.2 Å². The van der Waals surface area contributed by atoms with Crippen LogP contribution in [0.25, 0.3) is 10.8 Å². The molecule has 2 aliphatic rings. The minimum absolute atomic E-state index is 0.00957.